The van der Waals surface area contributed by atoms with Gasteiger partial charge in [-0.3, -0.25) is 4.79 Å². The molecule has 144 valence electrons. The zero-order valence-electron chi connectivity index (χ0n) is 16.3. The topological polar surface area (TPSA) is 76.6 Å². The largest absolute Gasteiger partial charge is 0.493 e. The van der Waals surface area contributed by atoms with Crippen LogP contribution in [0, 0.1) is 12.8 Å². The summed E-state index contributed by atoms with van der Waals surface area (Å²) in [6, 6.07) is 7.21. The number of nitrogens with zero attached hydrogens (tertiary/aromatic N) is 3. The fourth-order valence-corrected chi connectivity index (χ4v) is 3.34. The van der Waals surface area contributed by atoms with Gasteiger partial charge in [-0.1, -0.05) is 6.92 Å². The van der Waals surface area contributed by atoms with Gasteiger partial charge in [0, 0.05) is 30.9 Å². The van der Waals surface area contributed by atoms with E-state index in [1.54, 1.807) is 27.2 Å². The van der Waals surface area contributed by atoms with E-state index in [9.17, 15) is 4.79 Å². The SMILES string of the molecule is COc1ccc(Nc2cc(C(=O)N3CCCC(C)C3)nc(C)n2)cc1OC. The highest BCUT2D eigenvalue weighted by Gasteiger charge is 2.23. The molecule has 0 saturated carbocycles. The van der Waals surface area contributed by atoms with Crippen LogP contribution in [0.3, 0.4) is 0 Å². The van der Waals surface area contributed by atoms with Gasteiger partial charge in [-0.2, -0.15) is 0 Å². The van der Waals surface area contributed by atoms with E-state index in [1.165, 1.54) is 6.42 Å². The maximum Gasteiger partial charge on any atom is 0.272 e. The number of piperidine rings is 1. The van der Waals surface area contributed by atoms with Gasteiger partial charge in [0.2, 0.25) is 0 Å². The normalized spacial score (nSPS) is 16.7. The van der Waals surface area contributed by atoms with Crippen molar-refractivity contribution in [3.05, 3.63) is 35.8 Å². The van der Waals surface area contributed by atoms with Crippen molar-refractivity contribution >= 4 is 17.4 Å². The minimum Gasteiger partial charge on any atom is -0.493 e. The first-order valence-electron chi connectivity index (χ1n) is 9.14. The van der Waals surface area contributed by atoms with Crippen molar-refractivity contribution in [3.63, 3.8) is 0 Å². The summed E-state index contributed by atoms with van der Waals surface area (Å²) in [5.74, 6) is 2.87. The van der Waals surface area contributed by atoms with Gasteiger partial charge < -0.3 is 19.7 Å². The molecule has 1 aromatic heterocycles. The Hall–Kier alpha value is -2.83. The summed E-state index contributed by atoms with van der Waals surface area (Å²) in [5, 5.41) is 3.22. The second-order valence-electron chi connectivity index (χ2n) is 6.88. The van der Waals surface area contributed by atoms with E-state index >= 15 is 0 Å². The van der Waals surface area contributed by atoms with Crippen LogP contribution < -0.4 is 14.8 Å². The number of aromatic nitrogens is 2. The first kappa shape index (κ1) is 18.9. The van der Waals surface area contributed by atoms with Crippen LogP contribution in [-0.2, 0) is 0 Å². The minimum atomic E-state index is -0.0394. The van der Waals surface area contributed by atoms with E-state index in [2.05, 4.69) is 22.2 Å². The molecule has 1 N–H and O–H groups in total. The number of carbonyl (C=O) groups is 1. The van der Waals surface area contributed by atoms with Gasteiger partial charge in [0.05, 0.1) is 14.2 Å². The van der Waals surface area contributed by atoms with Crippen LogP contribution in [0.25, 0.3) is 0 Å². The third-order valence-electron chi connectivity index (χ3n) is 4.66. The zero-order chi connectivity index (χ0) is 19.4. The molecule has 1 fully saturated rings. The van der Waals surface area contributed by atoms with E-state index < -0.39 is 0 Å². The van der Waals surface area contributed by atoms with Gasteiger partial charge in [-0.25, -0.2) is 9.97 Å². The van der Waals surface area contributed by atoms with Gasteiger partial charge in [0.25, 0.3) is 5.91 Å². The Balaban J connectivity index is 1.82. The van der Waals surface area contributed by atoms with Crippen LogP contribution in [0.1, 0.15) is 36.1 Å². The number of carbonyl (C=O) groups excluding carboxylic acids is 1. The quantitative estimate of drug-likeness (QED) is 0.869. The lowest BCUT2D eigenvalue weighted by molar-refractivity contribution is 0.0676. The van der Waals surface area contributed by atoms with Crippen LogP contribution in [-0.4, -0.2) is 48.1 Å². The highest BCUT2D eigenvalue weighted by atomic mass is 16.5. The van der Waals surface area contributed by atoms with Crippen molar-refractivity contribution in [1.29, 1.82) is 0 Å². The van der Waals surface area contributed by atoms with Crippen molar-refractivity contribution in [2.75, 3.05) is 32.6 Å². The molecule has 1 aromatic carbocycles. The Morgan fingerprint density at radius 2 is 1.96 bits per heavy atom. The number of nitrogens with one attached hydrogen (secondary N) is 1. The zero-order valence-corrected chi connectivity index (χ0v) is 16.3. The molecule has 0 spiro atoms. The standard InChI is InChI=1S/C20H26N4O3/c1-13-6-5-9-24(12-13)20(25)16-11-19(22-14(2)21-16)23-15-7-8-17(26-3)18(10-15)27-4/h7-8,10-11,13H,5-6,9,12H2,1-4H3,(H,21,22,23). The summed E-state index contributed by atoms with van der Waals surface area (Å²) in [5.41, 5.74) is 1.20. The van der Waals surface area contributed by atoms with Gasteiger partial charge in [-0.15, -0.1) is 0 Å². The van der Waals surface area contributed by atoms with E-state index in [0.29, 0.717) is 34.8 Å². The molecule has 1 atom stereocenters. The highest BCUT2D eigenvalue weighted by molar-refractivity contribution is 5.93. The monoisotopic (exact) mass is 370 g/mol. The highest BCUT2D eigenvalue weighted by Crippen LogP contribution is 2.31. The number of anilines is 2. The number of ether oxygens (including phenoxy) is 2. The molecule has 0 aliphatic carbocycles. The van der Waals surface area contributed by atoms with Gasteiger partial charge in [0.1, 0.15) is 17.3 Å². The third-order valence-corrected chi connectivity index (χ3v) is 4.66. The lowest BCUT2D eigenvalue weighted by Gasteiger charge is -2.30. The van der Waals surface area contributed by atoms with Gasteiger partial charge in [0.15, 0.2) is 11.5 Å². The fourth-order valence-electron chi connectivity index (χ4n) is 3.34. The smallest absolute Gasteiger partial charge is 0.272 e. The summed E-state index contributed by atoms with van der Waals surface area (Å²) in [6.07, 6.45) is 2.20. The number of hydrogen-bond acceptors (Lipinski definition) is 6. The minimum absolute atomic E-state index is 0.0394. The van der Waals surface area contributed by atoms with Crippen molar-refractivity contribution in [1.82, 2.24) is 14.9 Å². The van der Waals surface area contributed by atoms with Crippen LogP contribution in [0.4, 0.5) is 11.5 Å². The molecular weight excluding hydrogens is 344 g/mol. The Bertz CT molecular complexity index is 825. The van der Waals surface area contributed by atoms with Crippen LogP contribution in [0.5, 0.6) is 11.5 Å². The molecular formula is C20H26N4O3. The van der Waals surface area contributed by atoms with E-state index in [1.807, 2.05) is 23.1 Å². The summed E-state index contributed by atoms with van der Waals surface area (Å²) < 4.78 is 10.6. The Morgan fingerprint density at radius 1 is 1.19 bits per heavy atom. The predicted octanol–water partition coefficient (Wildman–Crippen LogP) is 3.42. The average molecular weight is 370 g/mol. The number of methoxy groups -OCH3 is 2. The summed E-state index contributed by atoms with van der Waals surface area (Å²) in [4.78, 5) is 23.5. The lowest BCUT2D eigenvalue weighted by Crippen LogP contribution is -2.39. The second-order valence-corrected chi connectivity index (χ2v) is 6.88. The number of benzene rings is 1. The Morgan fingerprint density at radius 3 is 2.67 bits per heavy atom. The van der Waals surface area contributed by atoms with Crippen LogP contribution in [0.15, 0.2) is 24.3 Å². The summed E-state index contributed by atoms with van der Waals surface area (Å²) in [7, 11) is 3.19. The average Bonchev–Trinajstić information content (AvgIpc) is 2.66. The van der Waals surface area contributed by atoms with Crippen LogP contribution in [0.2, 0.25) is 0 Å². The second kappa shape index (κ2) is 8.24. The molecule has 1 aliphatic heterocycles. The molecule has 7 nitrogen and oxygen atoms in total. The molecule has 1 amide bonds. The summed E-state index contributed by atoms with van der Waals surface area (Å²) in [6.45, 7) is 5.52. The number of rotatable bonds is 5. The molecule has 0 radical (unpaired) electrons. The number of aryl methyl sites for hydroxylation is 1. The lowest BCUT2D eigenvalue weighted by atomic mass is 10.00. The van der Waals surface area contributed by atoms with E-state index in [0.717, 1.165) is 25.2 Å². The Labute approximate surface area is 159 Å². The van der Waals surface area contributed by atoms with Crippen molar-refractivity contribution in [3.8, 4) is 11.5 Å². The van der Waals surface area contributed by atoms with Gasteiger partial charge in [-0.05, 0) is 37.8 Å². The molecule has 7 heteroatoms. The molecule has 2 heterocycles. The van der Waals surface area contributed by atoms with Crippen molar-refractivity contribution < 1.29 is 14.3 Å². The molecule has 1 unspecified atom stereocenters. The maximum atomic E-state index is 12.9. The van der Waals surface area contributed by atoms with Crippen molar-refractivity contribution in [2.24, 2.45) is 5.92 Å². The molecule has 3 rings (SSSR count). The van der Waals surface area contributed by atoms with Gasteiger partial charge >= 0.3 is 0 Å². The number of likely N-dealkylation sites (tertiary alicyclic amines) is 1. The van der Waals surface area contributed by atoms with Crippen molar-refractivity contribution in [2.45, 2.75) is 26.7 Å². The molecule has 27 heavy (non-hydrogen) atoms. The maximum absolute atomic E-state index is 12.9. The first-order chi connectivity index (χ1) is 13.0. The Kier molecular flexibility index (Phi) is 5.78. The number of amides is 1. The predicted molar refractivity (Wildman–Crippen MR) is 104 cm³/mol. The summed E-state index contributed by atoms with van der Waals surface area (Å²) >= 11 is 0. The first-order valence-corrected chi connectivity index (χ1v) is 9.14. The molecule has 1 aliphatic rings. The molecule has 1 saturated heterocycles. The molecule has 0 bridgehead atoms. The fraction of sp³-hybridized carbons (Fsp3) is 0.450. The number of hydrogen-bond donors (Lipinski definition) is 1. The molecule has 2 aromatic rings. The third kappa shape index (κ3) is 4.48. The van der Waals surface area contributed by atoms with E-state index in [4.69, 9.17) is 9.47 Å². The van der Waals surface area contributed by atoms with Crippen LogP contribution >= 0.6 is 0 Å². The van der Waals surface area contributed by atoms with E-state index in [-0.39, 0.29) is 5.91 Å².